The number of hydrogen-bond acceptors (Lipinski definition) is 2. The molecule has 0 unspecified atom stereocenters. The molecule has 0 amide bonds. The second-order valence-electron chi connectivity index (χ2n) is 4.84. The predicted molar refractivity (Wildman–Crippen MR) is 72.2 cm³/mol. The van der Waals surface area contributed by atoms with Gasteiger partial charge in [-0.05, 0) is 30.0 Å². The second-order valence-corrected chi connectivity index (χ2v) is 5.24. The van der Waals surface area contributed by atoms with Crippen LogP contribution in [-0.4, -0.2) is 14.1 Å². The first kappa shape index (κ1) is 13.3. The van der Waals surface area contributed by atoms with Gasteiger partial charge in [0.05, 0.1) is 0 Å². The van der Waals surface area contributed by atoms with E-state index in [4.69, 9.17) is 17.3 Å². The van der Waals surface area contributed by atoms with E-state index in [0.29, 0.717) is 5.92 Å². The van der Waals surface area contributed by atoms with Crippen LogP contribution in [0.1, 0.15) is 31.9 Å². The summed E-state index contributed by atoms with van der Waals surface area (Å²) in [6, 6.07) is 6.09. The first-order chi connectivity index (χ1) is 7.41. The van der Waals surface area contributed by atoms with E-state index in [0.717, 1.165) is 22.7 Å². The lowest BCUT2D eigenvalue weighted by Gasteiger charge is -2.18. The lowest BCUT2D eigenvalue weighted by atomic mass is 9.97. The lowest BCUT2D eigenvalue weighted by molar-refractivity contribution is 0.510. The molecule has 0 aliphatic rings. The largest absolute Gasteiger partial charge is 0.378 e. The molecule has 0 aliphatic carbocycles. The molecule has 0 fully saturated rings. The normalized spacial score (nSPS) is 12.9. The number of nitrogens with two attached hydrogens (primary N) is 1. The summed E-state index contributed by atoms with van der Waals surface area (Å²) in [5, 5.41) is 0.763. The van der Waals surface area contributed by atoms with Gasteiger partial charge in [-0.1, -0.05) is 31.5 Å². The Labute approximate surface area is 103 Å². The van der Waals surface area contributed by atoms with Crippen molar-refractivity contribution in [2.45, 2.75) is 26.3 Å². The van der Waals surface area contributed by atoms with Crippen LogP contribution in [0.25, 0.3) is 0 Å². The summed E-state index contributed by atoms with van der Waals surface area (Å²) >= 11 is 6.25. The smallest absolute Gasteiger partial charge is 0.0474 e. The Morgan fingerprint density at radius 3 is 2.38 bits per heavy atom. The van der Waals surface area contributed by atoms with Crippen LogP contribution < -0.4 is 10.6 Å². The van der Waals surface area contributed by atoms with Gasteiger partial charge in [0.25, 0.3) is 0 Å². The van der Waals surface area contributed by atoms with E-state index in [2.05, 4.69) is 19.9 Å². The number of anilines is 1. The Morgan fingerprint density at radius 1 is 1.31 bits per heavy atom. The van der Waals surface area contributed by atoms with Gasteiger partial charge >= 0.3 is 0 Å². The summed E-state index contributed by atoms with van der Waals surface area (Å²) in [5.74, 6) is 0.583. The molecule has 0 aromatic heterocycles. The zero-order chi connectivity index (χ0) is 12.3. The van der Waals surface area contributed by atoms with Crippen LogP contribution in [0.5, 0.6) is 0 Å². The molecule has 0 saturated carbocycles. The first-order valence-electron chi connectivity index (χ1n) is 5.64. The lowest BCUT2D eigenvalue weighted by Crippen LogP contribution is -2.14. The fraction of sp³-hybridized carbons (Fsp3) is 0.538. The molecule has 2 nitrogen and oxygen atoms in total. The highest BCUT2D eigenvalue weighted by molar-refractivity contribution is 6.31. The minimum absolute atomic E-state index is 0.0312. The van der Waals surface area contributed by atoms with Crippen LogP contribution in [0.15, 0.2) is 18.2 Å². The van der Waals surface area contributed by atoms with Crippen molar-refractivity contribution in [1.82, 2.24) is 0 Å². The Hall–Kier alpha value is -0.730. The van der Waals surface area contributed by atoms with E-state index in [1.165, 1.54) is 0 Å². The second kappa shape index (κ2) is 5.55. The number of halogens is 1. The molecular weight excluding hydrogens is 220 g/mol. The maximum atomic E-state index is 6.25. The van der Waals surface area contributed by atoms with Crippen molar-refractivity contribution in [2.24, 2.45) is 11.7 Å². The Kier molecular flexibility index (Phi) is 4.63. The Balaban J connectivity index is 2.90. The van der Waals surface area contributed by atoms with E-state index >= 15 is 0 Å². The van der Waals surface area contributed by atoms with Crippen LogP contribution in [-0.2, 0) is 0 Å². The van der Waals surface area contributed by atoms with Crippen LogP contribution in [0.4, 0.5) is 5.69 Å². The van der Waals surface area contributed by atoms with Gasteiger partial charge in [0.15, 0.2) is 0 Å². The van der Waals surface area contributed by atoms with Crippen molar-refractivity contribution in [3.8, 4) is 0 Å². The van der Waals surface area contributed by atoms with Crippen molar-refractivity contribution >= 4 is 17.3 Å². The molecule has 0 bridgehead atoms. The quantitative estimate of drug-likeness (QED) is 0.874. The Morgan fingerprint density at radius 2 is 1.94 bits per heavy atom. The van der Waals surface area contributed by atoms with Gasteiger partial charge in [0.2, 0.25) is 0 Å². The topological polar surface area (TPSA) is 29.3 Å². The van der Waals surface area contributed by atoms with Gasteiger partial charge in [0.1, 0.15) is 0 Å². The molecule has 2 N–H and O–H groups in total. The van der Waals surface area contributed by atoms with E-state index < -0.39 is 0 Å². The highest BCUT2D eigenvalue weighted by Gasteiger charge is 2.12. The van der Waals surface area contributed by atoms with Crippen molar-refractivity contribution in [1.29, 1.82) is 0 Å². The zero-order valence-electron chi connectivity index (χ0n) is 10.5. The number of nitrogens with zero attached hydrogens (tertiary/aromatic N) is 1. The van der Waals surface area contributed by atoms with Gasteiger partial charge in [-0.25, -0.2) is 0 Å². The molecule has 3 heteroatoms. The summed E-state index contributed by atoms with van der Waals surface area (Å²) in [6.07, 6.45) is 0.959. The molecule has 1 aromatic rings. The number of rotatable bonds is 4. The highest BCUT2D eigenvalue weighted by Crippen LogP contribution is 2.29. The Bertz CT molecular complexity index is 348. The van der Waals surface area contributed by atoms with Crippen molar-refractivity contribution in [3.63, 3.8) is 0 Å². The van der Waals surface area contributed by atoms with Gasteiger partial charge in [-0.15, -0.1) is 0 Å². The standard InChI is InChI=1S/C13H21ClN2/c1-9(2)7-13(15)11-6-5-10(16(3)4)8-12(11)14/h5-6,8-9,13H,7,15H2,1-4H3/t13-/m1/s1. The third kappa shape index (κ3) is 3.39. The molecule has 0 aliphatic heterocycles. The van der Waals surface area contributed by atoms with Crippen LogP contribution in [0.3, 0.4) is 0 Å². The van der Waals surface area contributed by atoms with Gasteiger partial charge < -0.3 is 10.6 Å². The monoisotopic (exact) mass is 240 g/mol. The van der Waals surface area contributed by atoms with E-state index in [9.17, 15) is 0 Å². The van der Waals surface area contributed by atoms with Gasteiger partial charge in [-0.2, -0.15) is 0 Å². The maximum Gasteiger partial charge on any atom is 0.0474 e. The molecule has 0 radical (unpaired) electrons. The zero-order valence-corrected chi connectivity index (χ0v) is 11.3. The van der Waals surface area contributed by atoms with Gasteiger partial charge in [0, 0.05) is 30.8 Å². The molecule has 1 rings (SSSR count). The molecule has 1 atom stereocenters. The summed E-state index contributed by atoms with van der Waals surface area (Å²) in [6.45, 7) is 4.34. The van der Waals surface area contributed by atoms with E-state index in [-0.39, 0.29) is 6.04 Å². The average molecular weight is 241 g/mol. The third-order valence-electron chi connectivity index (χ3n) is 2.63. The van der Waals surface area contributed by atoms with Crippen LogP contribution >= 0.6 is 11.6 Å². The van der Waals surface area contributed by atoms with Gasteiger partial charge in [-0.3, -0.25) is 0 Å². The summed E-state index contributed by atoms with van der Waals surface area (Å²) in [4.78, 5) is 2.03. The van der Waals surface area contributed by atoms with Crippen molar-refractivity contribution < 1.29 is 0 Å². The summed E-state index contributed by atoms with van der Waals surface area (Å²) in [7, 11) is 4.00. The SMILES string of the molecule is CC(C)C[C@@H](N)c1ccc(N(C)C)cc1Cl. The third-order valence-corrected chi connectivity index (χ3v) is 2.95. The number of hydrogen-bond donors (Lipinski definition) is 1. The molecule has 0 heterocycles. The minimum atomic E-state index is 0.0312. The molecule has 0 spiro atoms. The molecule has 90 valence electrons. The van der Waals surface area contributed by atoms with Crippen molar-refractivity contribution in [3.05, 3.63) is 28.8 Å². The minimum Gasteiger partial charge on any atom is -0.378 e. The fourth-order valence-electron chi connectivity index (χ4n) is 1.73. The number of benzene rings is 1. The average Bonchev–Trinajstić information content (AvgIpc) is 2.15. The van der Waals surface area contributed by atoms with E-state index in [1.54, 1.807) is 0 Å². The van der Waals surface area contributed by atoms with Crippen molar-refractivity contribution in [2.75, 3.05) is 19.0 Å². The first-order valence-corrected chi connectivity index (χ1v) is 6.02. The fourth-order valence-corrected chi connectivity index (χ4v) is 2.04. The maximum absolute atomic E-state index is 6.25. The molecule has 16 heavy (non-hydrogen) atoms. The predicted octanol–water partition coefficient (Wildman–Crippen LogP) is 3.45. The van der Waals surface area contributed by atoms with Crippen LogP contribution in [0, 0.1) is 5.92 Å². The molecule has 1 aromatic carbocycles. The van der Waals surface area contributed by atoms with E-state index in [1.807, 2.05) is 31.1 Å². The van der Waals surface area contributed by atoms with Crippen LogP contribution in [0.2, 0.25) is 5.02 Å². The molecular formula is C13H21ClN2. The molecule has 0 saturated heterocycles. The highest BCUT2D eigenvalue weighted by atomic mass is 35.5. The summed E-state index contributed by atoms with van der Waals surface area (Å²) < 4.78 is 0. The summed E-state index contributed by atoms with van der Waals surface area (Å²) in [5.41, 5.74) is 8.27.